The number of rotatable bonds is 3. The molecule has 0 N–H and O–H groups in total. The summed E-state index contributed by atoms with van der Waals surface area (Å²) in [5, 5.41) is 0. The number of ether oxygens (including phenoxy) is 1. The van der Waals surface area contributed by atoms with Crippen LogP contribution in [0, 0.1) is 0 Å². The number of carbonyl (C=O) groups is 1. The van der Waals surface area contributed by atoms with Crippen molar-refractivity contribution in [3.63, 3.8) is 0 Å². The van der Waals surface area contributed by atoms with Crippen molar-refractivity contribution in [3.05, 3.63) is 0 Å². The molecule has 0 rings (SSSR count). The maximum absolute atomic E-state index is 9.61. The van der Waals surface area contributed by atoms with Crippen LogP contribution in [0.15, 0.2) is 0 Å². The summed E-state index contributed by atoms with van der Waals surface area (Å²) in [7, 11) is 0. The molecule has 0 spiro atoms. The molecule has 0 aliphatic rings. The molecular formula is C5H9BrO2. The van der Waals surface area contributed by atoms with Crippen LogP contribution in [0.3, 0.4) is 0 Å². The van der Waals surface area contributed by atoms with E-state index in [-0.39, 0.29) is 4.32 Å². The molecule has 0 unspecified atom stereocenters. The lowest BCUT2D eigenvalue weighted by molar-refractivity contribution is -0.129. The van der Waals surface area contributed by atoms with Crippen LogP contribution in [0.1, 0.15) is 13.8 Å². The Bertz CT molecular complexity index is 75.0. The third-order valence-corrected chi connectivity index (χ3v) is 0.724. The minimum atomic E-state index is -0.0894. The molecule has 0 radical (unpaired) electrons. The topological polar surface area (TPSA) is 26.3 Å². The van der Waals surface area contributed by atoms with Gasteiger partial charge in [0.25, 0.3) is 6.47 Å². The van der Waals surface area contributed by atoms with E-state index >= 15 is 0 Å². The third-order valence-electron chi connectivity index (χ3n) is 0.495. The smallest absolute Gasteiger partial charge is 0.293 e. The zero-order valence-electron chi connectivity index (χ0n) is 4.98. The van der Waals surface area contributed by atoms with E-state index in [4.69, 9.17) is 0 Å². The van der Waals surface area contributed by atoms with Crippen LogP contribution in [-0.2, 0) is 9.53 Å². The lowest BCUT2D eigenvalue weighted by atomic mass is 10.2. The van der Waals surface area contributed by atoms with Gasteiger partial charge in [0.15, 0.2) is 0 Å². The van der Waals surface area contributed by atoms with Crippen molar-refractivity contribution in [1.82, 2.24) is 0 Å². The standard InChI is InChI=1S/C5H9BrO2/c1-5(2,6)3-8-4-7/h4H,3H2,1-2H3. The Morgan fingerprint density at radius 2 is 2.25 bits per heavy atom. The van der Waals surface area contributed by atoms with Crippen LogP contribution in [-0.4, -0.2) is 17.4 Å². The van der Waals surface area contributed by atoms with Crippen LogP contribution in [0.25, 0.3) is 0 Å². The second kappa shape index (κ2) is 3.07. The molecular weight excluding hydrogens is 172 g/mol. The van der Waals surface area contributed by atoms with Gasteiger partial charge in [0.05, 0.1) is 4.32 Å². The highest BCUT2D eigenvalue weighted by atomic mass is 79.9. The molecule has 0 amide bonds. The first-order valence-corrected chi connectivity index (χ1v) is 3.10. The van der Waals surface area contributed by atoms with Crippen molar-refractivity contribution < 1.29 is 9.53 Å². The molecule has 0 saturated carbocycles. The zero-order valence-corrected chi connectivity index (χ0v) is 6.56. The quantitative estimate of drug-likeness (QED) is 0.485. The zero-order chi connectivity index (χ0) is 6.62. The van der Waals surface area contributed by atoms with Gasteiger partial charge in [-0.1, -0.05) is 15.9 Å². The number of halogens is 1. The summed E-state index contributed by atoms with van der Waals surface area (Å²) >= 11 is 3.30. The van der Waals surface area contributed by atoms with Gasteiger partial charge in [0.1, 0.15) is 6.61 Å². The number of hydrogen-bond donors (Lipinski definition) is 0. The van der Waals surface area contributed by atoms with Crippen LogP contribution in [0.2, 0.25) is 0 Å². The van der Waals surface area contributed by atoms with E-state index in [2.05, 4.69) is 20.7 Å². The van der Waals surface area contributed by atoms with Crippen molar-refractivity contribution in [2.45, 2.75) is 18.2 Å². The highest BCUT2D eigenvalue weighted by Gasteiger charge is 2.11. The highest BCUT2D eigenvalue weighted by molar-refractivity contribution is 9.10. The summed E-state index contributed by atoms with van der Waals surface area (Å²) in [5.41, 5.74) is 0. The lowest BCUT2D eigenvalue weighted by Gasteiger charge is -2.12. The van der Waals surface area contributed by atoms with Crippen LogP contribution in [0.4, 0.5) is 0 Å². The Labute approximate surface area is 57.3 Å². The predicted molar refractivity (Wildman–Crippen MR) is 35.0 cm³/mol. The minimum absolute atomic E-state index is 0.0894. The van der Waals surface area contributed by atoms with Crippen LogP contribution >= 0.6 is 15.9 Å². The first-order chi connectivity index (χ1) is 3.56. The van der Waals surface area contributed by atoms with E-state index in [1.54, 1.807) is 0 Å². The van der Waals surface area contributed by atoms with Crippen molar-refractivity contribution >= 4 is 22.4 Å². The first-order valence-electron chi connectivity index (χ1n) is 2.30. The van der Waals surface area contributed by atoms with Gasteiger partial charge in [-0.2, -0.15) is 0 Å². The Balaban J connectivity index is 3.24. The van der Waals surface area contributed by atoms with Gasteiger partial charge in [-0.3, -0.25) is 4.79 Å². The normalized spacial score (nSPS) is 10.9. The summed E-state index contributed by atoms with van der Waals surface area (Å²) < 4.78 is 4.38. The van der Waals surface area contributed by atoms with E-state index in [1.165, 1.54) is 0 Å². The molecule has 2 nitrogen and oxygen atoms in total. The van der Waals surface area contributed by atoms with Gasteiger partial charge < -0.3 is 4.74 Å². The monoisotopic (exact) mass is 180 g/mol. The maximum atomic E-state index is 9.61. The van der Waals surface area contributed by atoms with Crippen LogP contribution in [0.5, 0.6) is 0 Å². The molecule has 0 atom stereocenters. The van der Waals surface area contributed by atoms with Crippen molar-refractivity contribution in [1.29, 1.82) is 0 Å². The Morgan fingerprint density at radius 1 is 1.75 bits per heavy atom. The lowest BCUT2D eigenvalue weighted by Crippen LogP contribution is -2.17. The fourth-order valence-corrected chi connectivity index (χ4v) is 0.364. The molecule has 0 fully saturated rings. The summed E-state index contributed by atoms with van der Waals surface area (Å²) in [6.45, 7) is 4.71. The number of hydrogen-bond acceptors (Lipinski definition) is 2. The molecule has 3 heteroatoms. The SMILES string of the molecule is CC(C)(Br)COC=O. The molecule has 48 valence electrons. The largest absolute Gasteiger partial charge is 0.466 e. The number of carbonyl (C=O) groups excluding carboxylic acids is 1. The molecule has 0 aromatic heterocycles. The van der Waals surface area contributed by atoms with Crippen LogP contribution < -0.4 is 0 Å². The third kappa shape index (κ3) is 5.95. The van der Waals surface area contributed by atoms with E-state index in [0.29, 0.717) is 13.1 Å². The molecule has 0 aromatic rings. The first kappa shape index (κ1) is 7.95. The molecule has 0 bridgehead atoms. The summed E-state index contributed by atoms with van der Waals surface area (Å²) in [6, 6.07) is 0. The highest BCUT2D eigenvalue weighted by Crippen LogP contribution is 2.14. The predicted octanol–water partition coefficient (Wildman–Crippen LogP) is 1.33. The second-order valence-corrected chi connectivity index (χ2v) is 4.27. The summed E-state index contributed by atoms with van der Waals surface area (Å²) in [4.78, 5) is 9.61. The average Bonchev–Trinajstić information content (AvgIpc) is 1.59. The van der Waals surface area contributed by atoms with Gasteiger partial charge in [-0.05, 0) is 13.8 Å². The Kier molecular flexibility index (Phi) is 3.05. The fourth-order valence-electron chi connectivity index (χ4n) is 0.232. The molecule has 0 saturated heterocycles. The van der Waals surface area contributed by atoms with Gasteiger partial charge in [-0.15, -0.1) is 0 Å². The average molecular weight is 181 g/mol. The van der Waals surface area contributed by atoms with Gasteiger partial charge in [0, 0.05) is 0 Å². The molecule has 0 heterocycles. The molecule has 8 heavy (non-hydrogen) atoms. The van der Waals surface area contributed by atoms with Gasteiger partial charge >= 0.3 is 0 Å². The van der Waals surface area contributed by atoms with E-state index in [9.17, 15) is 4.79 Å². The summed E-state index contributed by atoms with van der Waals surface area (Å²) in [6.07, 6.45) is 0. The van der Waals surface area contributed by atoms with Gasteiger partial charge in [0.2, 0.25) is 0 Å². The fraction of sp³-hybridized carbons (Fsp3) is 0.800. The molecule has 0 aliphatic carbocycles. The van der Waals surface area contributed by atoms with E-state index < -0.39 is 0 Å². The van der Waals surface area contributed by atoms with Crippen molar-refractivity contribution in [2.24, 2.45) is 0 Å². The van der Waals surface area contributed by atoms with E-state index in [0.717, 1.165) is 0 Å². The van der Waals surface area contributed by atoms with E-state index in [1.807, 2.05) is 13.8 Å². The maximum Gasteiger partial charge on any atom is 0.293 e. The van der Waals surface area contributed by atoms with Crippen molar-refractivity contribution in [2.75, 3.05) is 6.61 Å². The number of alkyl halides is 1. The summed E-state index contributed by atoms with van der Waals surface area (Å²) in [5.74, 6) is 0. The van der Waals surface area contributed by atoms with Crippen molar-refractivity contribution in [3.8, 4) is 0 Å². The minimum Gasteiger partial charge on any atom is -0.466 e. The van der Waals surface area contributed by atoms with Gasteiger partial charge in [-0.25, -0.2) is 0 Å². The second-order valence-electron chi connectivity index (χ2n) is 2.13. The Hall–Kier alpha value is -0.0500. The molecule has 0 aromatic carbocycles. The molecule has 0 aliphatic heterocycles. The Morgan fingerprint density at radius 3 is 2.38 bits per heavy atom.